The fraction of sp³-hybridized carbons (Fsp3) is 0.0588. The molecule has 0 aliphatic heterocycles. The summed E-state index contributed by atoms with van der Waals surface area (Å²) in [5.74, 6) is 0. The van der Waals surface area contributed by atoms with Gasteiger partial charge < -0.3 is 11.1 Å². The van der Waals surface area contributed by atoms with Crippen LogP contribution >= 0.6 is 27.3 Å². The van der Waals surface area contributed by atoms with E-state index in [1.54, 1.807) is 0 Å². The molecule has 0 saturated heterocycles. The number of hydrogen-bond donors (Lipinski definition) is 2. The van der Waals surface area contributed by atoms with Gasteiger partial charge in [-0.15, -0.1) is 11.3 Å². The third kappa shape index (κ3) is 5.50. The van der Waals surface area contributed by atoms with Crippen LogP contribution in [0.2, 0.25) is 0 Å². The maximum absolute atomic E-state index is 10.2. The van der Waals surface area contributed by atoms with Crippen LogP contribution in [0.5, 0.6) is 0 Å². The van der Waals surface area contributed by atoms with Gasteiger partial charge >= 0.3 is 0 Å². The quantitative estimate of drug-likeness (QED) is 0.502. The summed E-state index contributed by atoms with van der Waals surface area (Å²) >= 11 is 4.78. The number of thiazole rings is 1. The van der Waals surface area contributed by atoms with Crippen molar-refractivity contribution in [1.29, 1.82) is 0 Å². The number of rotatable bonds is 3. The first-order valence-electron chi connectivity index (χ1n) is 6.82. The zero-order chi connectivity index (χ0) is 16.7. The zero-order valence-corrected chi connectivity index (χ0v) is 14.9. The van der Waals surface area contributed by atoms with Gasteiger partial charge in [0.25, 0.3) is 0 Å². The lowest BCUT2D eigenvalue weighted by atomic mass is 10.2. The summed E-state index contributed by atoms with van der Waals surface area (Å²) in [6, 6.07) is 15.7. The number of nitrogens with two attached hydrogens (primary N) is 1. The van der Waals surface area contributed by atoms with Gasteiger partial charge in [-0.05, 0) is 31.2 Å². The molecule has 0 unspecified atom stereocenters. The predicted octanol–water partition coefficient (Wildman–Crippen LogP) is 4.72. The standard InChI is InChI=1S/C10H7BrN2OS.C7H9N/c11-8-3-1-7(2-4-8)9-5-15-10(13-9)12-6-14;1-6-2-4-7(8)5-3-6/h1-6H,(H,12,13,14);2-5H,8H2,1H3. The van der Waals surface area contributed by atoms with E-state index in [1.807, 2.05) is 60.8 Å². The van der Waals surface area contributed by atoms with Gasteiger partial charge in [0.05, 0.1) is 5.69 Å². The number of aromatic nitrogens is 1. The van der Waals surface area contributed by atoms with Crippen molar-refractivity contribution in [2.75, 3.05) is 11.1 Å². The largest absolute Gasteiger partial charge is 0.399 e. The predicted molar refractivity (Wildman–Crippen MR) is 101 cm³/mol. The minimum absolute atomic E-state index is 0.614. The van der Waals surface area contributed by atoms with E-state index in [2.05, 4.69) is 26.2 Å². The minimum atomic E-state index is 0.614. The number of aryl methyl sites for hydroxylation is 1. The molecule has 118 valence electrons. The maximum Gasteiger partial charge on any atom is 0.213 e. The van der Waals surface area contributed by atoms with E-state index in [4.69, 9.17) is 5.73 Å². The second-order valence-corrected chi connectivity index (χ2v) is 6.49. The number of nitrogens with one attached hydrogen (secondary N) is 1. The third-order valence-corrected chi connectivity index (χ3v) is 4.21. The second kappa shape index (κ2) is 8.45. The number of nitrogens with zero attached hydrogens (tertiary/aromatic N) is 1. The summed E-state index contributed by atoms with van der Waals surface area (Å²) in [7, 11) is 0. The average molecular weight is 390 g/mol. The Morgan fingerprint density at radius 3 is 2.35 bits per heavy atom. The summed E-state index contributed by atoms with van der Waals surface area (Å²) in [6.07, 6.45) is 0.629. The van der Waals surface area contributed by atoms with Gasteiger partial charge in [0.1, 0.15) is 0 Å². The average Bonchev–Trinajstić information content (AvgIpc) is 3.01. The second-order valence-electron chi connectivity index (χ2n) is 4.72. The molecule has 0 fully saturated rings. The van der Waals surface area contributed by atoms with Crippen molar-refractivity contribution in [2.24, 2.45) is 0 Å². The highest BCUT2D eigenvalue weighted by molar-refractivity contribution is 9.10. The van der Waals surface area contributed by atoms with Crippen molar-refractivity contribution in [3.8, 4) is 11.3 Å². The normalized spacial score (nSPS) is 9.65. The van der Waals surface area contributed by atoms with Crippen molar-refractivity contribution in [2.45, 2.75) is 6.92 Å². The van der Waals surface area contributed by atoms with Crippen LogP contribution in [0.3, 0.4) is 0 Å². The molecule has 3 aromatic rings. The number of carbonyl (C=O) groups excluding carboxylic acids is 1. The van der Waals surface area contributed by atoms with E-state index >= 15 is 0 Å². The molecule has 2 aromatic carbocycles. The summed E-state index contributed by atoms with van der Waals surface area (Å²) < 4.78 is 1.03. The summed E-state index contributed by atoms with van der Waals surface area (Å²) in [5, 5.41) is 5.05. The topological polar surface area (TPSA) is 68.0 Å². The highest BCUT2D eigenvalue weighted by Gasteiger charge is 2.03. The molecule has 0 bridgehead atoms. The van der Waals surface area contributed by atoms with Gasteiger partial charge in [-0.25, -0.2) is 4.98 Å². The van der Waals surface area contributed by atoms with Crippen LogP contribution in [0.15, 0.2) is 58.4 Å². The van der Waals surface area contributed by atoms with Crippen molar-refractivity contribution >= 4 is 44.5 Å². The van der Waals surface area contributed by atoms with Crippen LogP contribution < -0.4 is 11.1 Å². The monoisotopic (exact) mass is 389 g/mol. The lowest BCUT2D eigenvalue weighted by Gasteiger charge is -1.95. The molecule has 1 aromatic heterocycles. The number of amides is 1. The number of carbonyl (C=O) groups is 1. The smallest absolute Gasteiger partial charge is 0.213 e. The number of halogens is 1. The van der Waals surface area contributed by atoms with E-state index < -0.39 is 0 Å². The molecule has 0 aliphatic carbocycles. The Morgan fingerprint density at radius 1 is 1.13 bits per heavy atom. The van der Waals surface area contributed by atoms with E-state index in [0.29, 0.717) is 11.5 Å². The number of nitrogen functional groups attached to an aromatic ring is 1. The van der Waals surface area contributed by atoms with Crippen molar-refractivity contribution in [3.63, 3.8) is 0 Å². The van der Waals surface area contributed by atoms with Crippen LogP contribution in [-0.4, -0.2) is 11.4 Å². The lowest BCUT2D eigenvalue weighted by molar-refractivity contribution is -0.105. The molecule has 4 nitrogen and oxygen atoms in total. The SMILES string of the molecule is Cc1ccc(N)cc1.O=CNc1nc(-c2ccc(Br)cc2)cs1. The molecule has 0 aliphatic rings. The van der Waals surface area contributed by atoms with Gasteiger partial charge in [0.15, 0.2) is 5.13 Å². The van der Waals surface area contributed by atoms with Crippen molar-refractivity contribution in [3.05, 3.63) is 63.9 Å². The Hall–Kier alpha value is -2.18. The van der Waals surface area contributed by atoms with E-state index in [1.165, 1.54) is 16.9 Å². The van der Waals surface area contributed by atoms with Gasteiger partial charge in [-0.2, -0.15) is 0 Å². The lowest BCUT2D eigenvalue weighted by Crippen LogP contribution is -1.91. The van der Waals surface area contributed by atoms with Crippen LogP contribution in [-0.2, 0) is 4.79 Å². The molecular weight excluding hydrogens is 374 g/mol. The van der Waals surface area contributed by atoms with Crippen LogP contribution in [0.1, 0.15) is 5.56 Å². The third-order valence-electron chi connectivity index (χ3n) is 2.90. The number of anilines is 2. The molecular formula is C17H16BrN3OS. The maximum atomic E-state index is 10.2. The molecule has 6 heteroatoms. The van der Waals surface area contributed by atoms with E-state index in [0.717, 1.165) is 21.4 Å². The first kappa shape index (κ1) is 17.2. The Bertz CT molecular complexity index is 733. The van der Waals surface area contributed by atoms with Crippen LogP contribution in [0, 0.1) is 6.92 Å². The fourth-order valence-corrected chi connectivity index (χ4v) is 2.65. The molecule has 3 N–H and O–H groups in total. The molecule has 0 radical (unpaired) electrons. The Kier molecular flexibility index (Phi) is 6.31. The minimum Gasteiger partial charge on any atom is -0.399 e. The fourth-order valence-electron chi connectivity index (χ4n) is 1.71. The molecule has 0 spiro atoms. The Morgan fingerprint density at radius 2 is 1.78 bits per heavy atom. The first-order valence-corrected chi connectivity index (χ1v) is 8.49. The van der Waals surface area contributed by atoms with Crippen LogP contribution in [0.4, 0.5) is 10.8 Å². The highest BCUT2D eigenvalue weighted by atomic mass is 79.9. The summed E-state index contributed by atoms with van der Waals surface area (Å²) in [4.78, 5) is 14.5. The van der Waals surface area contributed by atoms with Gasteiger partial charge in [-0.3, -0.25) is 4.79 Å². The Balaban J connectivity index is 0.000000203. The summed E-state index contributed by atoms with van der Waals surface area (Å²) in [5.41, 5.74) is 9.41. The van der Waals surface area contributed by atoms with Crippen LogP contribution in [0.25, 0.3) is 11.3 Å². The van der Waals surface area contributed by atoms with Gasteiger partial charge in [-0.1, -0.05) is 45.8 Å². The first-order chi connectivity index (χ1) is 11.1. The number of benzene rings is 2. The zero-order valence-electron chi connectivity index (χ0n) is 12.5. The van der Waals surface area contributed by atoms with Crippen molar-refractivity contribution in [1.82, 2.24) is 4.98 Å². The molecule has 3 rings (SSSR count). The molecule has 1 amide bonds. The molecule has 23 heavy (non-hydrogen) atoms. The molecule has 1 heterocycles. The molecule has 0 saturated carbocycles. The summed E-state index contributed by atoms with van der Waals surface area (Å²) in [6.45, 7) is 2.04. The molecule has 0 atom stereocenters. The highest BCUT2D eigenvalue weighted by Crippen LogP contribution is 2.25. The number of hydrogen-bond acceptors (Lipinski definition) is 4. The van der Waals surface area contributed by atoms with Gasteiger partial charge in [0, 0.05) is 21.1 Å². The van der Waals surface area contributed by atoms with E-state index in [9.17, 15) is 4.79 Å². The van der Waals surface area contributed by atoms with Crippen molar-refractivity contribution < 1.29 is 4.79 Å². The Labute approximate surface area is 147 Å². The van der Waals surface area contributed by atoms with Gasteiger partial charge in [0.2, 0.25) is 6.41 Å². The van der Waals surface area contributed by atoms with E-state index in [-0.39, 0.29) is 0 Å².